The quantitative estimate of drug-likeness (QED) is 0.897. The second kappa shape index (κ2) is 6.02. The Morgan fingerprint density at radius 3 is 3.05 bits per heavy atom. The van der Waals surface area contributed by atoms with Crippen LogP contribution in [0.15, 0.2) is 28.7 Å². The Morgan fingerprint density at radius 2 is 2.26 bits per heavy atom. The average Bonchev–Trinajstić information content (AvgIpc) is 3.06. The first-order chi connectivity index (χ1) is 9.38. The molecule has 3 rings (SSSR count). The Balaban J connectivity index is 1.71. The molecule has 0 aliphatic carbocycles. The molecule has 1 aromatic carbocycles. The van der Waals surface area contributed by atoms with Crippen LogP contribution in [0.1, 0.15) is 24.7 Å². The molecule has 1 aliphatic rings. The van der Waals surface area contributed by atoms with Crippen molar-refractivity contribution in [1.29, 1.82) is 0 Å². The Hall–Kier alpha value is -0.930. The SMILES string of the molecule is CCc1oc2ccccc2c1CNCC1CCSC1. The zero-order chi connectivity index (χ0) is 13.1. The molecule has 2 aromatic rings. The summed E-state index contributed by atoms with van der Waals surface area (Å²) in [5.41, 5.74) is 2.37. The third kappa shape index (κ3) is 2.82. The molecule has 1 saturated heterocycles. The van der Waals surface area contributed by atoms with Crippen LogP contribution >= 0.6 is 11.8 Å². The van der Waals surface area contributed by atoms with E-state index < -0.39 is 0 Å². The number of rotatable bonds is 5. The van der Waals surface area contributed by atoms with Gasteiger partial charge in [0, 0.05) is 23.9 Å². The van der Waals surface area contributed by atoms with Crippen molar-refractivity contribution in [2.45, 2.75) is 26.3 Å². The van der Waals surface area contributed by atoms with Gasteiger partial charge in [-0.2, -0.15) is 11.8 Å². The predicted octanol–water partition coefficient (Wildman–Crippen LogP) is 3.84. The number of fused-ring (bicyclic) bond motifs is 1. The maximum atomic E-state index is 5.93. The maximum absolute atomic E-state index is 5.93. The molecule has 1 N–H and O–H groups in total. The van der Waals surface area contributed by atoms with Crippen molar-refractivity contribution < 1.29 is 4.42 Å². The lowest BCUT2D eigenvalue weighted by Crippen LogP contribution is -2.22. The van der Waals surface area contributed by atoms with Crippen molar-refractivity contribution in [3.05, 3.63) is 35.6 Å². The van der Waals surface area contributed by atoms with E-state index in [-0.39, 0.29) is 0 Å². The van der Waals surface area contributed by atoms with Crippen LogP contribution in [-0.4, -0.2) is 18.1 Å². The van der Waals surface area contributed by atoms with Gasteiger partial charge in [0.05, 0.1) is 0 Å². The fourth-order valence-corrected chi connectivity index (χ4v) is 4.06. The van der Waals surface area contributed by atoms with E-state index in [1.54, 1.807) is 0 Å². The zero-order valence-electron chi connectivity index (χ0n) is 11.4. The van der Waals surface area contributed by atoms with Crippen molar-refractivity contribution in [3.63, 3.8) is 0 Å². The number of thioether (sulfide) groups is 1. The van der Waals surface area contributed by atoms with E-state index in [1.165, 1.54) is 28.9 Å². The van der Waals surface area contributed by atoms with E-state index in [9.17, 15) is 0 Å². The van der Waals surface area contributed by atoms with E-state index in [0.29, 0.717) is 0 Å². The Bertz CT molecular complexity index is 543. The highest BCUT2D eigenvalue weighted by atomic mass is 32.2. The number of benzene rings is 1. The lowest BCUT2D eigenvalue weighted by atomic mass is 10.1. The second-order valence-electron chi connectivity index (χ2n) is 5.21. The van der Waals surface area contributed by atoms with Crippen LogP contribution in [-0.2, 0) is 13.0 Å². The normalized spacial score (nSPS) is 19.3. The molecule has 1 unspecified atom stereocenters. The molecule has 3 heteroatoms. The van der Waals surface area contributed by atoms with Gasteiger partial charge in [0.1, 0.15) is 11.3 Å². The number of furan rings is 1. The largest absolute Gasteiger partial charge is 0.461 e. The van der Waals surface area contributed by atoms with Crippen molar-refractivity contribution in [1.82, 2.24) is 5.32 Å². The standard InChI is InChI=1S/C16H21NOS/c1-2-15-14(10-17-9-12-7-8-19-11-12)13-5-3-4-6-16(13)18-15/h3-6,12,17H,2,7-11H2,1H3. The summed E-state index contributed by atoms with van der Waals surface area (Å²) in [6.07, 6.45) is 2.33. The van der Waals surface area contributed by atoms with Gasteiger partial charge in [-0.25, -0.2) is 0 Å². The van der Waals surface area contributed by atoms with Gasteiger partial charge in [0.15, 0.2) is 0 Å². The van der Waals surface area contributed by atoms with Crippen molar-refractivity contribution >= 4 is 22.7 Å². The van der Waals surface area contributed by atoms with Gasteiger partial charge >= 0.3 is 0 Å². The maximum Gasteiger partial charge on any atom is 0.134 e. The van der Waals surface area contributed by atoms with E-state index in [2.05, 4.69) is 42.2 Å². The summed E-state index contributed by atoms with van der Waals surface area (Å²) in [6.45, 7) is 4.23. The van der Waals surface area contributed by atoms with Crippen LogP contribution in [0.4, 0.5) is 0 Å². The van der Waals surface area contributed by atoms with Crippen molar-refractivity contribution in [2.24, 2.45) is 5.92 Å². The Kier molecular flexibility index (Phi) is 4.14. The number of nitrogens with one attached hydrogen (secondary N) is 1. The smallest absolute Gasteiger partial charge is 0.134 e. The lowest BCUT2D eigenvalue weighted by molar-refractivity contribution is 0.511. The first-order valence-corrected chi connectivity index (χ1v) is 8.31. The highest BCUT2D eigenvalue weighted by Crippen LogP contribution is 2.27. The fraction of sp³-hybridized carbons (Fsp3) is 0.500. The van der Waals surface area contributed by atoms with Gasteiger partial charge in [-0.3, -0.25) is 0 Å². The summed E-state index contributed by atoms with van der Waals surface area (Å²) < 4.78 is 5.93. The van der Waals surface area contributed by atoms with Crippen LogP contribution < -0.4 is 5.32 Å². The molecule has 2 nitrogen and oxygen atoms in total. The van der Waals surface area contributed by atoms with E-state index in [1.807, 2.05) is 6.07 Å². The summed E-state index contributed by atoms with van der Waals surface area (Å²) in [4.78, 5) is 0. The Morgan fingerprint density at radius 1 is 1.37 bits per heavy atom. The number of hydrogen-bond acceptors (Lipinski definition) is 3. The molecule has 1 fully saturated rings. The van der Waals surface area contributed by atoms with Crippen LogP contribution in [0.5, 0.6) is 0 Å². The van der Waals surface area contributed by atoms with Crippen LogP contribution in [0.25, 0.3) is 11.0 Å². The Labute approximate surface area is 118 Å². The molecule has 0 saturated carbocycles. The number of aryl methyl sites for hydroxylation is 1. The van der Waals surface area contributed by atoms with Crippen LogP contribution in [0, 0.1) is 5.92 Å². The number of hydrogen-bond donors (Lipinski definition) is 1. The molecule has 102 valence electrons. The summed E-state index contributed by atoms with van der Waals surface area (Å²) in [5.74, 6) is 4.64. The minimum absolute atomic E-state index is 0.855. The first kappa shape index (κ1) is 13.1. The van der Waals surface area contributed by atoms with E-state index in [0.717, 1.165) is 36.8 Å². The number of para-hydroxylation sites is 1. The predicted molar refractivity (Wildman–Crippen MR) is 82.7 cm³/mol. The molecule has 0 bridgehead atoms. The summed E-state index contributed by atoms with van der Waals surface area (Å²) in [6, 6.07) is 8.36. The molecule has 0 radical (unpaired) electrons. The van der Waals surface area contributed by atoms with Gasteiger partial charge in [0.25, 0.3) is 0 Å². The second-order valence-corrected chi connectivity index (χ2v) is 6.36. The molecule has 2 heterocycles. The molecule has 1 aromatic heterocycles. The summed E-state index contributed by atoms with van der Waals surface area (Å²) in [7, 11) is 0. The molecule has 19 heavy (non-hydrogen) atoms. The fourth-order valence-electron chi connectivity index (χ4n) is 2.77. The molecular formula is C16H21NOS. The summed E-state index contributed by atoms with van der Waals surface area (Å²) in [5, 5.41) is 4.89. The highest BCUT2D eigenvalue weighted by Gasteiger charge is 2.16. The lowest BCUT2D eigenvalue weighted by Gasteiger charge is -2.10. The van der Waals surface area contributed by atoms with Crippen molar-refractivity contribution in [3.8, 4) is 0 Å². The average molecular weight is 275 g/mol. The molecule has 1 atom stereocenters. The molecule has 1 aliphatic heterocycles. The third-order valence-corrected chi connectivity index (χ3v) is 5.09. The zero-order valence-corrected chi connectivity index (χ0v) is 12.3. The third-order valence-electron chi connectivity index (χ3n) is 3.86. The summed E-state index contributed by atoms with van der Waals surface area (Å²) >= 11 is 2.08. The highest BCUT2D eigenvalue weighted by molar-refractivity contribution is 7.99. The minimum Gasteiger partial charge on any atom is -0.461 e. The first-order valence-electron chi connectivity index (χ1n) is 7.16. The van der Waals surface area contributed by atoms with Crippen LogP contribution in [0.2, 0.25) is 0 Å². The van der Waals surface area contributed by atoms with Gasteiger partial charge in [-0.15, -0.1) is 0 Å². The van der Waals surface area contributed by atoms with Gasteiger partial charge in [0.2, 0.25) is 0 Å². The topological polar surface area (TPSA) is 25.2 Å². The molecular weight excluding hydrogens is 254 g/mol. The van der Waals surface area contributed by atoms with E-state index >= 15 is 0 Å². The van der Waals surface area contributed by atoms with E-state index in [4.69, 9.17) is 4.42 Å². The monoisotopic (exact) mass is 275 g/mol. The molecule has 0 amide bonds. The van der Waals surface area contributed by atoms with Gasteiger partial charge < -0.3 is 9.73 Å². The van der Waals surface area contributed by atoms with Gasteiger partial charge in [-0.1, -0.05) is 25.1 Å². The van der Waals surface area contributed by atoms with Crippen LogP contribution in [0.3, 0.4) is 0 Å². The minimum atomic E-state index is 0.855. The molecule has 0 spiro atoms. The van der Waals surface area contributed by atoms with Gasteiger partial charge in [-0.05, 0) is 36.5 Å². The van der Waals surface area contributed by atoms with Crippen molar-refractivity contribution in [2.75, 3.05) is 18.1 Å².